The Morgan fingerprint density at radius 2 is 1.50 bits per heavy atom. The number of ketones is 2. The minimum Gasteiger partial charge on any atom is -0.497 e. The summed E-state index contributed by atoms with van der Waals surface area (Å²) in [7, 11) is 2.77. The maximum absolute atomic E-state index is 13.0. The highest BCUT2D eigenvalue weighted by Crippen LogP contribution is 2.32. The maximum Gasteiger partial charge on any atom is 0.325 e. The summed E-state index contributed by atoms with van der Waals surface area (Å²) in [5.41, 5.74) is -3.35. The highest BCUT2D eigenvalue weighted by Gasteiger charge is 2.45. The van der Waals surface area contributed by atoms with Crippen molar-refractivity contribution in [1.29, 1.82) is 0 Å². The van der Waals surface area contributed by atoms with Crippen molar-refractivity contribution in [2.24, 2.45) is 16.0 Å². The monoisotopic (exact) mass is 645 g/mol. The van der Waals surface area contributed by atoms with Crippen LogP contribution in [0.25, 0.3) is 6.08 Å². The van der Waals surface area contributed by atoms with Gasteiger partial charge in [-0.1, -0.05) is 36.1 Å². The Morgan fingerprint density at radius 1 is 0.870 bits per heavy atom. The Hall–Kier alpha value is -4.76. The molecule has 1 aromatic carbocycles. The molecule has 0 aromatic heterocycles. The van der Waals surface area contributed by atoms with E-state index in [1.54, 1.807) is 18.2 Å². The van der Waals surface area contributed by atoms with Gasteiger partial charge in [0.05, 0.1) is 47.1 Å². The molecule has 0 spiro atoms. The Kier molecular flexibility index (Phi) is 16.7. The molecule has 1 aromatic rings. The Labute approximate surface area is 265 Å². The number of nitrogens with zero attached hydrogens (tertiary/aromatic N) is 1. The summed E-state index contributed by atoms with van der Waals surface area (Å²) in [5.74, 6) is -3.05. The third-order valence-electron chi connectivity index (χ3n) is 6.50. The predicted octanol–water partition coefficient (Wildman–Crippen LogP) is 1.61. The molecule has 0 fully saturated rings. The zero-order chi connectivity index (χ0) is 34.8. The summed E-state index contributed by atoms with van der Waals surface area (Å²) in [6.45, 7) is -0.212. The van der Waals surface area contributed by atoms with Crippen LogP contribution in [0.3, 0.4) is 0 Å². The number of aliphatic hydroxyl groups is 4. The maximum atomic E-state index is 13.0. The van der Waals surface area contributed by atoms with Crippen LogP contribution in [0.15, 0.2) is 77.7 Å². The molecule has 1 rings (SSSR count). The Bertz CT molecular complexity index is 1370. The largest absolute Gasteiger partial charge is 0.497 e. The number of esters is 2. The van der Waals surface area contributed by atoms with Gasteiger partial charge in [0.1, 0.15) is 29.7 Å². The van der Waals surface area contributed by atoms with E-state index >= 15 is 0 Å². The smallest absolute Gasteiger partial charge is 0.325 e. The second-order valence-electron chi connectivity index (χ2n) is 9.96. The van der Waals surface area contributed by atoms with Gasteiger partial charge in [0.15, 0.2) is 23.1 Å². The lowest BCUT2D eigenvalue weighted by atomic mass is 9.89. The van der Waals surface area contributed by atoms with E-state index in [1.165, 1.54) is 56.7 Å². The van der Waals surface area contributed by atoms with Crippen LogP contribution in [0.2, 0.25) is 0 Å². The lowest BCUT2D eigenvalue weighted by Gasteiger charge is -2.30. The van der Waals surface area contributed by atoms with Gasteiger partial charge < -0.3 is 39.4 Å². The zero-order valence-electron chi connectivity index (χ0n) is 25.8. The van der Waals surface area contributed by atoms with E-state index in [9.17, 15) is 44.5 Å². The fourth-order valence-corrected chi connectivity index (χ4v) is 3.48. The second kappa shape index (κ2) is 19.6. The molecule has 0 heterocycles. The van der Waals surface area contributed by atoms with Gasteiger partial charge in [0.2, 0.25) is 0 Å². The van der Waals surface area contributed by atoms with Crippen molar-refractivity contribution in [3.05, 3.63) is 83.0 Å². The van der Waals surface area contributed by atoms with E-state index in [2.05, 4.69) is 11.8 Å². The lowest BCUT2D eigenvalue weighted by molar-refractivity contribution is -0.172. The third-order valence-corrected chi connectivity index (χ3v) is 6.50. The number of benzene rings is 1. The molecule has 0 atom stereocenters. The van der Waals surface area contributed by atoms with Crippen LogP contribution in [0, 0.1) is 15.7 Å². The van der Waals surface area contributed by atoms with E-state index in [1.807, 2.05) is 6.92 Å². The molecule has 250 valence electrons. The predicted molar refractivity (Wildman–Crippen MR) is 165 cm³/mol. The molecular formula is C32H39NO13. The van der Waals surface area contributed by atoms with Gasteiger partial charge in [-0.3, -0.25) is 19.2 Å². The number of nitroso groups, excluding NO2 is 1. The highest BCUT2D eigenvalue weighted by atomic mass is 16.6. The number of carbonyl (C=O) groups excluding carboxylic acids is 4. The molecule has 0 aliphatic rings. The number of hydrogen-bond acceptors (Lipinski definition) is 14. The van der Waals surface area contributed by atoms with E-state index in [4.69, 9.17) is 18.9 Å². The number of aliphatic hydroxyl groups excluding tert-OH is 4. The highest BCUT2D eigenvalue weighted by molar-refractivity contribution is 6.09. The quantitative estimate of drug-likeness (QED) is 0.0285. The number of allylic oxidation sites excluding steroid dienone is 7. The summed E-state index contributed by atoms with van der Waals surface area (Å²) >= 11 is 0. The molecule has 0 bridgehead atoms. The molecule has 14 heteroatoms. The molecule has 0 aliphatic carbocycles. The fraction of sp³-hybridized carbons (Fsp3) is 0.375. The fourth-order valence-electron chi connectivity index (χ4n) is 3.48. The van der Waals surface area contributed by atoms with Gasteiger partial charge in [0.25, 0.3) is 0 Å². The molecule has 0 unspecified atom stereocenters. The first-order valence-corrected chi connectivity index (χ1v) is 13.7. The first kappa shape index (κ1) is 39.3. The van der Waals surface area contributed by atoms with E-state index in [0.717, 1.165) is 0 Å². The van der Waals surface area contributed by atoms with Gasteiger partial charge >= 0.3 is 11.9 Å². The number of hydrogen-bond donors (Lipinski definition) is 4. The summed E-state index contributed by atoms with van der Waals surface area (Å²) < 4.78 is 20.7. The summed E-state index contributed by atoms with van der Waals surface area (Å²) in [6, 6.07) is 4.17. The van der Waals surface area contributed by atoms with Crippen LogP contribution in [-0.2, 0) is 28.7 Å². The van der Waals surface area contributed by atoms with Crippen molar-refractivity contribution in [3.63, 3.8) is 0 Å². The van der Waals surface area contributed by atoms with Crippen LogP contribution < -0.4 is 9.47 Å². The van der Waals surface area contributed by atoms with Gasteiger partial charge in [-0.15, -0.1) is 0 Å². The van der Waals surface area contributed by atoms with E-state index in [-0.39, 0.29) is 11.5 Å². The number of rotatable bonds is 21. The van der Waals surface area contributed by atoms with Crippen LogP contribution in [0.5, 0.6) is 11.5 Å². The van der Waals surface area contributed by atoms with Crippen molar-refractivity contribution in [2.45, 2.75) is 13.3 Å². The van der Waals surface area contributed by atoms with Crippen LogP contribution in [-0.4, -0.2) is 97.7 Å². The van der Waals surface area contributed by atoms with E-state index < -0.39 is 80.3 Å². The molecule has 0 saturated carbocycles. The third kappa shape index (κ3) is 11.3. The normalized spacial score (nSPS) is 12.4. The molecule has 46 heavy (non-hydrogen) atoms. The van der Waals surface area contributed by atoms with Crippen LogP contribution >= 0.6 is 0 Å². The van der Waals surface area contributed by atoms with Gasteiger partial charge in [-0.2, -0.15) is 4.91 Å². The average molecular weight is 646 g/mol. The minimum atomic E-state index is -2.18. The lowest BCUT2D eigenvalue weighted by Crippen LogP contribution is -2.49. The minimum absolute atomic E-state index is 0.0141. The molecule has 14 nitrogen and oxygen atoms in total. The van der Waals surface area contributed by atoms with Crippen molar-refractivity contribution in [2.75, 3.05) is 53.8 Å². The SMILES string of the molecule is C=C(/C=C/C(=O)CC(=O)/C=C/c1ccc(OC(=O)C(CO)(CO)COC(=O)C(CO)(CO)CN=O)c(OC)c1)/C=C(\C=C/C)OC. The van der Waals surface area contributed by atoms with E-state index in [0.29, 0.717) is 16.9 Å². The van der Waals surface area contributed by atoms with Gasteiger partial charge in [-0.05, 0) is 54.5 Å². The van der Waals surface area contributed by atoms with Crippen LogP contribution in [0.1, 0.15) is 18.9 Å². The van der Waals surface area contributed by atoms with Crippen LogP contribution in [0.4, 0.5) is 0 Å². The summed E-state index contributed by atoms with van der Waals surface area (Å²) in [6.07, 6.45) is 10.0. The first-order valence-electron chi connectivity index (χ1n) is 13.7. The van der Waals surface area contributed by atoms with Gasteiger partial charge in [0, 0.05) is 0 Å². The molecule has 0 amide bonds. The molecule has 4 N–H and O–H groups in total. The number of ether oxygens (including phenoxy) is 4. The average Bonchev–Trinajstić information content (AvgIpc) is 3.06. The molecular weight excluding hydrogens is 606 g/mol. The summed E-state index contributed by atoms with van der Waals surface area (Å²) in [4.78, 5) is 60.7. The Morgan fingerprint density at radius 3 is 2.04 bits per heavy atom. The molecule has 0 saturated heterocycles. The second-order valence-corrected chi connectivity index (χ2v) is 9.96. The zero-order valence-corrected chi connectivity index (χ0v) is 25.8. The molecule has 0 radical (unpaired) electrons. The van der Waals surface area contributed by atoms with Crippen molar-refractivity contribution >= 4 is 29.6 Å². The number of methoxy groups -OCH3 is 2. The number of carbonyl (C=O) groups is 4. The summed E-state index contributed by atoms with van der Waals surface area (Å²) in [5, 5.41) is 41.3. The Balaban J connectivity index is 2.98. The first-order chi connectivity index (χ1) is 21.9. The molecule has 0 aliphatic heterocycles. The van der Waals surface area contributed by atoms with Crippen molar-refractivity contribution in [1.82, 2.24) is 0 Å². The van der Waals surface area contributed by atoms with Crippen molar-refractivity contribution in [3.8, 4) is 11.5 Å². The van der Waals surface area contributed by atoms with Crippen molar-refractivity contribution < 1.29 is 58.6 Å². The topological polar surface area (TPSA) is 216 Å². The van der Waals surface area contributed by atoms with Gasteiger partial charge in [-0.25, -0.2) is 0 Å². The standard InChI is InChI=1S/C32H39NO13/c1-5-6-26(43-3)13-22(2)7-10-24(38)15-25(39)11-8-23-9-12-27(28(14-23)44-4)46-30(41)32(19-36,20-37)21-45-29(40)31(17-34,18-35)16-33-42/h5-14,34-37H,2,15-21H2,1,3-4H3/b6-5-,10-7+,11-8+,26-13+.